The Kier molecular flexibility index (Phi) is 5.60. The number of aromatic nitrogens is 3. The van der Waals surface area contributed by atoms with Crippen LogP contribution in [0.4, 0.5) is 11.5 Å². The van der Waals surface area contributed by atoms with E-state index in [1.54, 1.807) is 0 Å². The van der Waals surface area contributed by atoms with Crippen LogP contribution in [0.2, 0.25) is 0 Å². The lowest BCUT2D eigenvalue weighted by molar-refractivity contribution is 0.290. The Bertz CT molecular complexity index is 961. The number of pyridine rings is 1. The van der Waals surface area contributed by atoms with Gasteiger partial charge in [0, 0.05) is 50.6 Å². The molecule has 4 rings (SSSR count). The third-order valence-electron chi connectivity index (χ3n) is 5.58. The zero-order chi connectivity index (χ0) is 19.7. The second kappa shape index (κ2) is 8.13. The number of anilines is 2. The van der Waals surface area contributed by atoms with Crippen LogP contribution < -0.4 is 4.90 Å². The molecule has 0 amide bonds. The van der Waals surface area contributed by atoms with Crippen LogP contribution in [-0.2, 0) is 13.5 Å². The van der Waals surface area contributed by atoms with E-state index < -0.39 is 0 Å². The standard InChI is InChI=1S/C22H29N5S/c1-5-9-28-27-13-18(14-27)17-7-8-20(16(6-2)10-17)26(4)22-11-21-19(12-23-22)24-15-25(21)3/h7-8,10-12,15,18H,5-6,9,13-14H2,1-4H3. The summed E-state index contributed by atoms with van der Waals surface area (Å²) in [4.78, 5) is 11.2. The highest BCUT2D eigenvalue weighted by atomic mass is 32.2. The topological polar surface area (TPSA) is 37.2 Å². The molecule has 1 saturated heterocycles. The Morgan fingerprint density at radius 3 is 2.75 bits per heavy atom. The fraction of sp³-hybridized carbons (Fsp3) is 0.455. The minimum absolute atomic E-state index is 0.665. The fourth-order valence-corrected chi connectivity index (χ4v) is 4.78. The summed E-state index contributed by atoms with van der Waals surface area (Å²) in [5.74, 6) is 2.84. The number of fused-ring (bicyclic) bond motifs is 1. The van der Waals surface area contributed by atoms with Crippen molar-refractivity contribution in [3.8, 4) is 0 Å². The second-order valence-corrected chi connectivity index (χ2v) is 8.75. The molecule has 0 radical (unpaired) electrons. The molecule has 3 heterocycles. The largest absolute Gasteiger partial charge is 0.334 e. The first-order valence-corrected chi connectivity index (χ1v) is 11.1. The quantitative estimate of drug-likeness (QED) is 0.539. The van der Waals surface area contributed by atoms with E-state index in [0.717, 1.165) is 23.3 Å². The molecule has 0 atom stereocenters. The molecule has 6 heteroatoms. The number of imidazole rings is 1. The van der Waals surface area contributed by atoms with Crippen molar-refractivity contribution in [1.29, 1.82) is 0 Å². The molecule has 1 aliphatic heterocycles. The number of aryl methyl sites for hydroxylation is 2. The zero-order valence-electron chi connectivity index (χ0n) is 17.2. The maximum atomic E-state index is 4.64. The Labute approximate surface area is 171 Å². The van der Waals surface area contributed by atoms with Crippen molar-refractivity contribution < 1.29 is 0 Å². The average molecular weight is 396 g/mol. The van der Waals surface area contributed by atoms with E-state index in [1.165, 1.54) is 42.1 Å². The Morgan fingerprint density at radius 1 is 1.18 bits per heavy atom. The summed E-state index contributed by atoms with van der Waals surface area (Å²) in [7, 11) is 4.12. The van der Waals surface area contributed by atoms with Crippen LogP contribution >= 0.6 is 11.9 Å². The second-order valence-electron chi connectivity index (χ2n) is 7.56. The molecule has 0 aliphatic carbocycles. The van der Waals surface area contributed by atoms with Crippen molar-refractivity contribution >= 4 is 34.5 Å². The lowest BCUT2D eigenvalue weighted by Crippen LogP contribution is -2.40. The lowest BCUT2D eigenvalue weighted by atomic mass is 9.91. The van der Waals surface area contributed by atoms with E-state index in [-0.39, 0.29) is 0 Å². The minimum atomic E-state index is 0.665. The van der Waals surface area contributed by atoms with Crippen molar-refractivity contribution in [2.45, 2.75) is 32.6 Å². The van der Waals surface area contributed by atoms with Gasteiger partial charge < -0.3 is 9.47 Å². The van der Waals surface area contributed by atoms with Gasteiger partial charge in [0.25, 0.3) is 0 Å². The summed E-state index contributed by atoms with van der Waals surface area (Å²) >= 11 is 1.99. The third-order valence-corrected chi connectivity index (χ3v) is 6.84. The predicted molar refractivity (Wildman–Crippen MR) is 119 cm³/mol. The molecular weight excluding hydrogens is 366 g/mol. The molecule has 0 unspecified atom stereocenters. The maximum Gasteiger partial charge on any atom is 0.134 e. The molecule has 0 saturated carbocycles. The van der Waals surface area contributed by atoms with Gasteiger partial charge in [-0.25, -0.2) is 14.3 Å². The SMILES string of the molecule is CCCSN1CC(c2ccc(N(C)c3cc4c(cn3)ncn4C)c(CC)c2)C1. The van der Waals surface area contributed by atoms with Crippen LogP contribution in [-0.4, -0.2) is 44.7 Å². The molecule has 2 aromatic heterocycles. The lowest BCUT2D eigenvalue weighted by Gasteiger charge is -2.38. The van der Waals surface area contributed by atoms with Gasteiger partial charge in [0.15, 0.2) is 0 Å². The fourth-order valence-electron chi connectivity index (χ4n) is 3.77. The molecule has 0 spiro atoms. The molecule has 1 fully saturated rings. The maximum absolute atomic E-state index is 4.64. The first-order chi connectivity index (χ1) is 13.6. The van der Waals surface area contributed by atoms with E-state index in [4.69, 9.17) is 0 Å². The average Bonchev–Trinajstić information content (AvgIpc) is 3.06. The monoisotopic (exact) mass is 395 g/mol. The van der Waals surface area contributed by atoms with Crippen LogP contribution in [0.5, 0.6) is 0 Å². The highest BCUT2D eigenvalue weighted by Gasteiger charge is 2.28. The highest BCUT2D eigenvalue weighted by Crippen LogP contribution is 2.35. The van der Waals surface area contributed by atoms with Gasteiger partial charge in [-0.05, 0) is 30.0 Å². The van der Waals surface area contributed by atoms with Crippen molar-refractivity contribution in [2.75, 3.05) is 30.8 Å². The van der Waals surface area contributed by atoms with Gasteiger partial charge in [-0.3, -0.25) is 0 Å². The van der Waals surface area contributed by atoms with Gasteiger partial charge >= 0.3 is 0 Å². The zero-order valence-corrected chi connectivity index (χ0v) is 18.0. The number of nitrogens with zero attached hydrogens (tertiary/aromatic N) is 5. The van der Waals surface area contributed by atoms with Gasteiger partial charge in [-0.2, -0.15) is 0 Å². The number of rotatable bonds is 7. The summed E-state index contributed by atoms with van der Waals surface area (Å²) in [5.41, 5.74) is 6.12. The molecule has 0 N–H and O–H groups in total. The van der Waals surface area contributed by atoms with Crippen LogP contribution in [0, 0.1) is 0 Å². The first kappa shape index (κ1) is 19.3. The predicted octanol–water partition coefficient (Wildman–Crippen LogP) is 4.76. The molecule has 5 nitrogen and oxygen atoms in total. The normalized spacial score (nSPS) is 15.1. The van der Waals surface area contributed by atoms with Gasteiger partial charge in [0.05, 0.1) is 18.0 Å². The molecule has 0 bridgehead atoms. The van der Waals surface area contributed by atoms with Gasteiger partial charge in [-0.15, -0.1) is 0 Å². The van der Waals surface area contributed by atoms with Crippen molar-refractivity contribution in [3.63, 3.8) is 0 Å². The van der Waals surface area contributed by atoms with Crippen molar-refractivity contribution in [3.05, 3.63) is 47.9 Å². The molecular formula is C22H29N5S. The van der Waals surface area contributed by atoms with Gasteiger partial charge in [0.2, 0.25) is 0 Å². The summed E-state index contributed by atoms with van der Waals surface area (Å²) < 4.78 is 4.53. The van der Waals surface area contributed by atoms with Gasteiger partial charge in [-0.1, -0.05) is 37.9 Å². The third kappa shape index (κ3) is 3.63. The summed E-state index contributed by atoms with van der Waals surface area (Å²) in [5, 5.41) is 0. The van der Waals surface area contributed by atoms with E-state index >= 15 is 0 Å². The number of hydrogen-bond donors (Lipinski definition) is 0. The Hall–Kier alpha value is -2.05. The molecule has 148 valence electrons. The van der Waals surface area contributed by atoms with E-state index in [1.807, 2.05) is 36.1 Å². The van der Waals surface area contributed by atoms with Crippen molar-refractivity contribution in [2.24, 2.45) is 7.05 Å². The number of benzene rings is 1. The van der Waals surface area contributed by atoms with E-state index in [9.17, 15) is 0 Å². The van der Waals surface area contributed by atoms with E-state index in [2.05, 4.69) is 64.3 Å². The van der Waals surface area contributed by atoms with Crippen LogP contribution in [0.25, 0.3) is 11.0 Å². The highest BCUT2D eigenvalue weighted by molar-refractivity contribution is 7.97. The van der Waals surface area contributed by atoms with Crippen LogP contribution in [0.1, 0.15) is 37.3 Å². The van der Waals surface area contributed by atoms with Crippen LogP contribution in [0.15, 0.2) is 36.8 Å². The Morgan fingerprint density at radius 2 is 2.00 bits per heavy atom. The number of hydrogen-bond acceptors (Lipinski definition) is 5. The van der Waals surface area contributed by atoms with Gasteiger partial charge in [0.1, 0.15) is 11.3 Å². The molecule has 3 aromatic rings. The molecule has 1 aliphatic rings. The molecule has 28 heavy (non-hydrogen) atoms. The van der Waals surface area contributed by atoms with E-state index in [0.29, 0.717) is 5.92 Å². The molecule has 1 aromatic carbocycles. The summed E-state index contributed by atoms with van der Waals surface area (Å²) in [6.07, 6.45) is 5.95. The Balaban J connectivity index is 1.54. The minimum Gasteiger partial charge on any atom is -0.334 e. The summed E-state index contributed by atoms with van der Waals surface area (Å²) in [6.45, 7) is 6.82. The van der Waals surface area contributed by atoms with Crippen LogP contribution in [0.3, 0.4) is 0 Å². The van der Waals surface area contributed by atoms with Crippen molar-refractivity contribution in [1.82, 2.24) is 18.8 Å². The first-order valence-electron chi connectivity index (χ1n) is 10.1. The smallest absolute Gasteiger partial charge is 0.134 e. The summed E-state index contributed by atoms with van der Waals surface area (Å²) in [6, 6.07) is 9.09.